The number of alkyl halides is 3. The number of hydrogen-bond acceptors (Lipinski definition) is 3. The van der Waals surface area contributed by atoms with Crippen LogP contribution in [0.4, 0.5) is 18.9 Å². The molecule has 4 nitrogen and oxygen atoms in total. The SMILES string of the molecule is O=C(COC(=O)c1ccccc1-c1ccc(C(F)(F)F)cc1)Nc1c(Cl)cccc1Cl. The lowest BCUT2D eigenvalue weighted by Crippen LogP contribution is -2.21. The molecule has 0 bridgehead atoms. The van der Waals surface area contributed by atoms with E-state index >= 15 is 0 Å². The van der Waals surface area contributed by atoms with Crippen molar-refractivity contribution in [3.8, 4) is 11.1 Å². The van der Waals surface area contributed by atoms with E-state index in [2.05, 4.69) is 5.32 Å². The molecule has 0 unspecified atom stereocenters. The standard InChI is InChI=1S/C22H14Cl2F3NO3/c23-17-6-3-7-18(24)20(17)28-19(29)12-31-21(30)16-5-2-1-4-15(16)13-8-10-14(11-9-13)22(25,26)27/h1-11H,12H2,(H,28,29). The Hall–Kier alpha value is -3.03. The first kappa shape index (κ1) is 22.7. The Morgan fingerprint density at radius 3 is 2.10 bits per heavy atom. The Bertz CT molecular complexity index is 1100. The molecule has 0 saturated heterocycles. The number of carbonyl (C=O) groups is 2. The van der Waals surface area contributed by atoms with Crippen molar-refractivity contribution in [2.75, 3.05) is 11.9 Å². The maximum Gasteiger partial charge on any atom is 0.416 e. The second-order valence-electron chi connectivity index (χ2n) is 6.34. The summed E-state index contributed by atoms with van der Waals surface area (Å²) in [6.07, 6.45) is -4.46. The average Bonchev–Trinajstić information content (AvgIpc) is 2.74. The first-order valence-corrected chi connectivity index (χ1v) is 9.60. The molecule has 0 heterocycles. The predicted molar refractivity (Wildman–Crippen MR) is 112 cm³/mol. The maximum atomic E-state index is 12.8. The van der Waals surface area contributed by atoms with Gasteiger partial charge in [-0.2, -0.15) is 13.2 Å². The molecule has 31 heavy (non-hydrogen) atoms. The zero-order valence-electron chi connectivity index (χ0n) is 15.7. The third-order valence-electron chi connectivity index (χ3n) is 4.23. The average molecular weight is 468 g/mol. The van der Waals surface area contributed by atoms with Gasteiger partial charge in [-0.3, -0.25) is 4.79 Å². The van der Waals surface area contributed by atoms with E-state index in [0.717, 1.165) is 12.1 Å². The summed E-state index contributed by atoms with van der Waals surface area (Å²) in [5.41, 5.74) is 0.262. The Morgan fingerprint density at radius 2 is 1.48 bits per heavy atom. The molecule has 0 radical (unpaired) electrons. The summed E-state index contributed by atoms with van der Waals surface area (Å²) >= 11 is 12.0. The molecular formula is C22H14Cl2F3NO3. The van der Waals surface area contributed by atoms with Crippen LogP contribution < -0.4 is 5.32 Å². The van der Waals surface area contributed by atoms with Gasteiger partial charge in [-0.15, -0.1) is 0 Å². The molecule has 0 atom stereocenters. The lowest BCUT2D eigenvalue weighted by atomic mass is 9.98. The molecule has 0 saturated carbocycles. The topological polar surface area (TPSA) is 55.4 Å². The van der Waals surface area contributed by atoms with Crippen molar-refractivity contribution < 1.29 is 27.5 Å². The van der Waals surface area contributed by atoms with Crippen molar-refractivity contribution in [1.82, 2.24) is 0 Å². The van der Waals surface area contributed by atoms with Crippen LogP contribution in [0.15, 0.2) is 66.7 Å². The molecule has 160 valence electrons. The molecule has 3 aromatic rings. The van der Waals surface area contributed by atoms with E-state index in [4.69, 9.17) is 27.9 Å². The van der Waals surface area contributed by atoms with Crippen LogP contribution >= 0.6 is 23.2 Å². The number of anilines is 1. The Labute approximate surface area is 185 Å². The van der Waals surface area contributed by atoms with Gasteiger partial charge in [-0.05, 0) is 41.5 Å². The summed E-state index contributed by atoms with van der Waals surface area (Å²) < 4.78 is 43.4. The zero-order valence-corrected chi connectivity index (χ0v) is 17.2. The van der Waals surface area contributed by atoms with Crippen LogP contribution in [0.3, 0.4) is 0 Å². The molecule has 9 heteroatoms. The fourth-order valence-corrected chi connectivity index (χ4v) is 3.25. The second kappa shape index (κ2) is 9.41. The molecule has 0 aliphatic rings. The third-order valence-corrected chi connectivity index (χ3v) is 4.86. The quantitative estimate of drug-likeness (QED) is 0.437. The lowest BCUT2D eigenvalue weighted by Gasteiger charge is -2.12. The monoisotopic (exact) mass is 467 g/mol. The number of ether oxygens (including phenoxy) is 1. The van der Waals surface area contributed by atoms with Gasteiger partial charge in [-0.25, -0.2) is 4.79 Å². The van der Waals surface area contributed by atoms with Crippen LogP contribution in [-0.4, -0.2) is 18.5 Å². The van der Waals surface area contributed by atoms with Crippen LogP contribution in [-0.2, 0) is 15.7 Å². The van der Waals surface area contributed by atoms with Crippen molar-refractivity contribution in [3.05, 3.63) is 87.9 Å². The van der Waals surface area contributed by atoms with Crippen molar-refractivity contribution >= 4 is 40.8 Å². The highest BCUT2D eigenvalue weighted by molar-refractivity contribution is 6.39. The molecule has 0 fully saturated rings. The predicted octanol–water partition coefficient (Wildman–Crippen LogP) is 6.47. The molecule has 0 spiro atoms. The van der Waals surface area contributed by atoms with E-state index in [0.29, 0.717) is 11.1 Å². The van der Waals surface area contributed by atoms with Crippen LogP contribution in [0.2, 0.25) is 10.0 Å². The fraction of sp³-hybridized carbons (Fsp3) is 0.0909. The van der Waals surface area contributed by atoms with Gasteiger partial charge in [0.2, 0.25) is 0 Å². The summed E-state index contributed by atoms with van der Waals surface area (Å²) in [4.78, 5) is 24.6. The highest BCUT2D eigenvalue weighted by Crippen LogP contribution is 2.32. The van der Waals surface area contributed by atoms with Gasteiger partial charge in [-0.1, -0.05) is 59.6 Å². The van der Waals surface area contributed by atoms with E-state index in [1.54, 1.807) is 24.3 Å². The van der Waals surface area contributed by atoms with Crippen LogP contribution in [0.5, 0.6) is 0 Å². The van der Waals surface area contributed by atoms with Crippen molar-refractivity contribution in [1.29, 1.82) is 0 Å². The first-order valence-electron chi connectivity index (χ1n) is 8.84. The van der Waals surface area contributed by atoms with Crippen LogP contribution in [0, 0.1) is 0 Å². The highest BCUT2D eigenvalue weighted by Gasteiger charge is 2.30. The summed E-state index contributed by atoms with van der Waals surface area (Å²) in [6, 6.07) is 15.3. The van der Waals surface area contributed by atoms with Crippen molar-refractivity contribution in [3.63, 3.8) is 0 Å². The van der Waals surface area contributed by atoms with E-state index in [9.17, 15) is 22.8 Å². The molecule has 1 amide bonds. The number of amides is 1. The largest absolute Gasteiger partial charge is 0.452 e. The van der Waals surface area contributed by atoms with E-state index < -0.39 is 30.2 Å². The van der Waals surface area contributed by atoms with Crippen molar-refractivity contribution in [2.45, 2.75) is 6.18 Å². The lowest BCUT2D eigenvalue weighted by molar-refractivity contribution is -0.137. The Balaban J connectivity index is 1.72. The number of benzene rings is 3. The molecule has 0 aliphatic heterocycles. The molecule has 3 aromatic carbocycles. The second-order valence-corrected chi connectivity index (χ2v) is 7.16. The van der Waals surface area contributed by atoms with Gasteiger partial charge < -0.3 is 10.1 Å². The van der Waals surface area contributed by atoms with Gasteiger partial charge in [0.1, 0.15) is 0 Å². The Kier molecular flexibility index (Phi) is 6.87. The molecular weight excluding hydrogens is 454 g/mol. The van der Waals surface area contributed by atoms with Crippen LogP contribution in [0.25, 0.3) is 11.1 Å². The van der Waals surface area contributed by atoms with E-state index in [1.807, 2.05) is 0 Å². The number of halogens is 5. The smallest absolute Gasteiger partial charge is 0.416 e. The molecule has 3 rings (SSSR count). The van der Waals surface area contributed by atoms with Gasteiger partial charge in [0.05, 0.1) is 26.9 Å². The van der Waals surface area contributed by atoms with E-state index in [-0.39, 0.29) is 21.3 Å². The van der Waals surface area contributed by atoms with Gasteiger partial charge in [0, 0.05) is 0 Å². The first-order chi connectivity index (χ1) is 14.7. The van der Waals surface area contributed by atoms with Gasteiger partial charge >= 0.3 is 12.1 Å². The van der Waals surface area contributed by atoms with Crippen LogP contribution in [0.1, 0.15) is 15.9 Å². The number of carbonyl (C=O) groups excluding carboxylic acids is 2. The zero-order chi connectivity index (χ0) is 22.6. The minimum Gasteiger partial charge on any atom is -0.452 e. The minimum absolute atomic E-state index is 0.103. The summed E-state index contributed by atoms with van der Waals surface area (Å²) in [7, 11) is 0. The third kappa shape index (κ3) is 5.57. The summed E-state index contributed by atoms with van der Waals surface area (Å²) in [5, 5.41) is 2.91. The summed E-state index contributed by atoms with van der Waals surface area (Å²) in [6.45, 7) is -0.609. The number of para-hydroxylation sites is 1. The normalized spacial score (nSPS) is 11.1. The minimum atomic E-state index is -4.46. The van der Waals surface area contributed by atoms with Gasteiger partial charge in [0.15, 0.2) is 6.61 Å². The molecule has 0 aromatic heterocycles. The molecule has 1 N–H and O–H groups in total. The number of rotatable bonds is 5. The summed E-state index contributed by atoms with van der Waals surface area (Å²) in [5.74, 6) is -1.47. The Morgan fingerprint density at radius 1 is 0.871 bits per heavy atom. The van der Waals surface area contributed by atoms with Crippen molar-refractivity contribution in [2.24, 2.45) is 0 Å². The number of nitrogens with one attached hydrogen (secondary N) is 1. The molecule has 0 aliphatic carbocycles. The fourth-order valence-electron chi connectivity index (χ4n) is 2.75. The van der Waals surface area contributed by atoms with E-state index in [1.165, 1.54) is 30.3 Å². The maximum absolute atomic E-state index is 12.8. The number of hydrogen-bond donors (Lipinski definition) is 1. The highest BCUT2D eigenvalue weighted by atomic mass is 35.5. The number of esters is 1. The van der Waals surface area contributed by atoms with Gasteiger partial charge in [0.25, 0.3) is 5.91 Å².